The number of piperazine rings is 1. The summed E-state index contributed by atoms with van der Waals surface area (Å²) < 4.78 is 4.67. The lowest BCUT2D eigenvalue weighted by molar-refractivity contribution is -0.142. The van der Waals surface area contributed by atoms with Crippen molar-refractivity contribution in [1.29, 1.82) is 0 Å². The third kappa shape index (κ3) is 3.69. The lowest BCUT2D eigenvalue weighted by atomic mass is 10.2. The first kappa shape index (κ1) is 15.2. The maximum atomic E-state index is 11.9. The molecular formula is C14H20N4O3. The summed E-state index contributed by atoms with van der Waals surface area (Å²) in [6.45, 7) is 3.21. The van der Waals surface area contributed by atoms with Crippen molar-refractivity contribution in [3.63, 3.8) is 0 Å². The normalized spacial score (nSPS) is 15.6. The zero-order valence-electron chi connectivity index (χ0n) is 12.3. The molecule has 0 saturated carbocycles. The molecule has 1 aromatic rings. The molecule has 1 aliphatic heterocycles. The molecule has 1 aliphatic rings. The number of pyridine rings is 1. The van der Waals surface area contributed by atoms with E-state index in [0.717, 1.165) is 26.2 Å². The minimum atomic E-state index is -0.229. The molecule has 2 rings (SSSR count). The van der Waals surface area contributed by atoms with E-state index in [1.165, 1.54) is 7.11 Å². The summed E-state index contributed by atoms with van der Waals surface area (Å²) in [6, 6.07) is 3.52. The van der Waals surface area contributed by atoms with Crippen molar-refractivity contribution in [1.82, 2.24) is 15.2 Å². The third-order valence-electron chi connectivity index (χ3n) is 3.51. The van der Waals surface area contributed by atoms with Crippen LogP contribution in [-0.2, 0) is 9.53 Å². The van der Waals surface area contributed by atoms with Gasteiger partial charge in [-0.15, -0.1) is 0 Å². The van der Waals surface area contributed by atoms with Gasteiger partial charge in [-0.3, -0.25) is 14.5 Å². The van der Waals surface area contributed by atoms with Crippen LogP contribution in [0.4, 0.5) is 5.82 Å². The number of hydrogen-bond acceptors (Lipinski definition) is 6. The number of esters is 1. The number of carbonyl (C=O) groups excluding carboxylic acids is 2. The van der Waals surface area contributed by atoms with Crippen LogP contribution in [0.3, 0.4) is 0 Å². The number of rotatable bonds is 4. The molecule has 0 bridgehead atoms. The van der Waals surface area contributed by atoms with E-state index in [4.69, 9.17) is 0 Å². The second-order valence-electron chi connectivity index (χ2n) is 4.79. The Labute approximate surface area is 123 Å². The van der Waals surface area contributed by atoms with Gasteiger partial charge in [0.15, 0.2) is 0 Å². The van der Waals surface area contributed by atoms with Crippen molar-refractivity contribution >= 4 is 17.7 Å². The van der Waals surface area contributed by atoms with Crippen LogP contribution in [0.15, 0.2) is 18.3 Å². The van der Waals surface area contributed by atoms with Gasteiger partial charge in [-0.05, 0) is 12.1 Å². The number of methoxy groups -OCH3 is 1. The quantitative estimate of drug-likeness (QED) is 0.771. The Morgan fingerprint density at radius 3 is 2.67 bits per heavy atom. The largest absolute Gasteiger partial charge is 0.468 e. The Morgan fingerprint density at radius 1 is 1.33 bits per heavy atom. The monoisotopic (exact) mass is 292 g/mol. The van der Waals surface area contributed by atoms with Crippen LogP contribution in [0.25, 0.3) is 0 Å². The Hall–Kier alpha value is -2.15. The lowest BCUT2D eigenvalue weighted by Crippen LogP contribution is -2.48. The number of nitrogens with one attached hydrogen (secondary N) is 1. The van der Waals surface area contributed by atoms with Gasteiger partial charge in [0.2, 0.25) is 0 Å². The second kappa shape index (κ2) is 7.03. The standard InChI is InChI=1S/C14H20N4O3/c1-15-14(20)11-4-3-5-16-13(11)18-8-6-17(7-9-18)10-12(19)21-2/h3-5H,6-10H2,1-2H3,(H,15,20). The Balaban J connectivity index is 2.02. The average Bonchev–Trinajstić information content (AvgIpc) is 2.54. The fraction of sp³-hybridized carbons (Fsp3) is 0.500. The highest BCUT2D eigenvalue weighted by Crippen LogP contribution is 2.18. The van der Waals surface area contributed by atoms with Gasteiger partial charge in [-0.25, -0.2) is 4.98 Å². The van der Waals surface area contributed by atoms with Crippen molar-refractivity contribution in [3.05, 3.63) is 23.9 Å². The van der Waals surface area contributed by atoms with Crippen molar-refractivity contribution < 1.29 is 14.3 Å². The number of ether oxygens (including phenoxy) is 1. The van der Waals surface area contributed by atoms with E-state index in [1.807, 2.05) is 4.90 Å². The Kier molecular flexibility index (Phi) is 5.10. The first-order chi connectivity index (χ1) is 10.2. The molecule has 0 spiro atoms. The highest BCUT2D eigenvalue weighted by Gasteiger charge is 2.23. The van der Waals surface area contributed by atoms with E-state index in [2.05, 4.69) is 19.9 Å². The lowest BCUT2D eigenvalue weighted by Gasteiger charge is -2.35. The fourth-order valence-corrected chi connectivity index (χ4v) is 2.33. The molecule has 0 radical (unpaired) electrons. The molecule has 21 heavy (non-hydrogen) atoms. The van der Waals surface area contributed by atoms with Gasteiger partial charge in [0.1, 0.15) is 5.82 Å². The minimum Gasteiger partial charge on any atom is -0.468 e. The molecule has 0 aliphatic carbocycles. The van der Waals surface area contributed by atoms with Crippen LogP contribution < -0.4 is 10.2 Å². The summed E-state index contributed by atoms with van der Waals surface area (Å²) >= 11 is 0. The Bertz CT molecular complexity index is 513. The summed E-state index contributed by atoms with van der Waals surface area (Å²) in [5, 5.41) is 2.63. The fourth-order valence-electron chi connectivity index (χ4n) is 2.33. The molecule has 7 nitrogen and oxygen atoms in total. The molecule has 0 aromatic carbocycles. The van der Waals surface area contributed by atoms with Gasteiger partial charge in [0, 0.05) is 39.4 Å². The van der Waals surface area contributed by atoms with E-state index in [1.54, 1.807) is 25.4 Å². The predicted octanol–water partition coefficient (Wildman–Crippen LogP) is -0.264. The summed E-state index contributed by atoms with van der Waals surface area (Å²) in [4.78, 5) is 31.6. The van der Waals surface area contributed by atoms with Crippen molar-refractivity contribution in [2.45, 2.75) is 0 Å². The van der Waals surface area contributed by atoms with E-state index < -0.39 is 0 Å². The zero-order valence-corrected chi connectivity index (χ0v) is 12.3. The average molecular weight is 292 g/mol. The van der Waals surface area contributed by atoms with Gasteiger partial charge in [-0.1, -0.05) is 0 Å². The first-order valence-corrected chi connectivity index (χ1v) is 6.87. The molecule has 1 fully saturated rings. The summed E-state index contributed by atoms with van der Waals surface area (Å²) in [6.07, 6.45) is 1.68. The van der Waals surface area contributed by atoms with E-state index in [9.17, 15) is 9.59 Å². The van der Waals surface area contributed by atoms with Gasteiger partial charge in [-0.2, -0.15) is 0 Å². The van der Waals surface area contributed by atoms with E-state index >= 15 is 0 Å². The van der Waals surface area contributed by atoms with Crippen LogP contribution in [0.2, 0.25) is 0 Å². The second-order valence-corrected chi connectivity index (χ2v) is 4.79. The third-order valence-corrected chi connectivity index (χ3v) is 3.51. The smallest absolute Gasteiger partial charge is 0.319 e. The molecule has 0 atom stereocenters. The van der Waals surface area contributed by atoms with Crippen molar-refractivity contribution in [3.8, 4) is 0 Å². The van der Waals surface area contributed by atoms with Gasteiger partial charge in [0.05, 0.1) is 19.2 Å². The molecule has 1 saturated heterocycles. The van der Waals surface area contributed by atoms with Crippen LogP contribution in [0.1, 0.15) is 10.4 Å². The van der Waals surface area contributed by atoms with Crippen LogP contribution in [0.5, 0.6) is 0 Å². The summed E-state index contributed by atoms with van der Waals surface area (Å²) in [5.41, 5.74) is 0.571. The Morgan fingerprint density at radius 2 is 2.05 bits per heavy atom. The number of amides is 1. The maximum absolute atomic E-state index is 11.9. The molecular weight excluding hydrogens is 272 g/mol. The molecule has 1 N–H and O–H groups in total. The van der Waals surface area contributed by atoms with E-state index in [-0.39, 0.29) is 11.9 Å². The van der Waals surface area contributed by atoms with Crippen LogP contribution in [-0.4, -0.2) is 68.6 Å². The molecule has 2 heterocycles. The maximum Gasteiger partial charge on any atom is 0.319 e. The van der Waals surface area contributed by atoms with Crippen molar-refractivity contribution in [2.75, 3.05) is 51.8 Å². The van der Waals surface area contributed by atoms with Crippen molar-refractivity contribution in [2.24, 2.45) is 0 Å². The number of anilines is 1. The predicted molar refractivity (Wildman–Crippen MR) is 78.3 cm³/mol. The highest BCUT2D eigenvalue weighted by molar-refractivity contribution is 5.98. The molecule has 114 valence electrons. The first-order valence-electron chi connectivity index (χ1n) is 6.87. The minimum absolute atomic E-state index is 0.143. The molecule has 1 aromatic heterocycles. The number of carbonyl (C=O) groups is 2. The number of hydrogen-bond donors (Lipinski definition) is 1. The van der Waals surface area contributed by atoms with Crippen LogP contribution in [0, 0.1) is 0 Å². The molecule has 0 unspecified atom stereocenters. The van der Waals surface area contributed by atoms with Gasteiger partial charge < -0.3 is 15.0 Å². The number of aromatic nitrogens is 1. The zero-order chi connectivity index (χ0) is 15.2. The van der Waals surface area contributed by atoms with Crippen LogP contribution >= 0.6 is 0 Å². The van der Waals surface area contributed by atoms with Gasteiger partial charge in [0.25, 0.3) is 5.91 Å². The van der Waals surface area contributed by atoms with Gasteiger partial charge >= 0.3 is 5.97 Å². The topological polar surface area (TPSA) is 74.8 Å². The molecule has 1 amide bonds. The SMILES string of the molecule is CNC(=O)c1cccnc1N1CCN(CC(=O)OC)CC1. The summed E-state index contributed by atoms with van der Waals surface area (Å²) in [5.74, 6) is 0.317. The molecule has 7 heteroatoms. The summed E-state index contributed by atoms with van der Waals surface area (Å²) in [7, 11) is 3.00. The highest BCUT2D eigenvalue weighted by atomic mass is 16.5. The van der Waals surface area contributed by atoms with E-state index in [0.29, 0.717) is 17.9 Å². The number of nitrogens with zero attached hydrogens (tertiary/aromatic N) is 3.